The molecule has 118 valence electrons. The van der Waals surface area contributed by atoms with Crippen molar-refractivity contribution in [3.63, 3.8) is 0 Å². The third-order valence-electron chi connectivity index (χ3n) is 2.94. The molecule has 1 amide bonds. The van der Waals surface area contributed by atoms with Crippen LogP contribution in [0.2, 0.25) is 0 Å². The molecule has 2 rings (SSSR count). The normalized spacial score (nSPS) is 9.86. The molecule has 0 bridgehead atoms. The summed E-state index contributed by atoms with van der Waals surface area (Å²) in [6.07, 6.45) is 0.704. The van der Waals surface area contributed by atoms with Crippen LogP contribution in [0, 0.1) is 0 Å². The fraction of sp³-hybridized carbons (Fsp3) is 0.267. The van der Waals surface area contributed by atoms with Crippen LogP contribution in [0.1, 0.15) is 22.5 Å². The fourth-order valence-electron chi connectivity index (χ4n) is 1.83. The lowest BCUT2D eigenvalue weighted by Crippen LogP contribution is -2.31. The minimum atomic E-state index is -0.301. The van der Waals surface area contributed by atoms with E-state index < -0.39 is 0 Å². The summed E-state index contributed by atoms with van der Waals surface area (Å²) in [7, 11) is 0. The smallest absolute Gasteiger partial charge is 0.271 e. The lowest BCUT2D eigenvalue weighted by molar-refractivity contribution is 0.0946. The lowest BCUT2D eigenvalue weighted by Gasteiger charge is -2.07. The van der Waals surface area contributed by atoms with E-state index >= 15 is 0 Å². The molecule has 22 heavy (non-hydrogen) atoms. The maximum Gasteiger partial charge on any atom is 0.271 e. The van der Waals surface area contributed by atoms with Gasteiger partial charge in [-0.25, -0.2) is 4.68 Å². The zero-order valence-corrected chi connectivity index (χ0v) is 12.9. The second-order valence-corrected chi connectivity index (χ2v) is 4.60. The van der Waals surface area contributed by atoms with Gasteiger partial charge in [0.05, 0.1) is 6.54 Å². The molecule has 0 atom stereocenters. The second-order valence-electron chi connectivity index (χ2n) is 4.60. The molecular formula is C15H19ClN4O2. The number of halogens is 1. The van der Waals surface area contributed by atoms with E-state index in [2.05, 4.69) is 10.4 Å². The Kier molecular flexibility index (Phi) is 7.28. The van der Waals surface area contributed by atoms with Gasteiger partial charge in [0.1, 0.15) is 5.69 Å². The molecular weight excluding hydrogens is 304 g/mol. The van der Waals surface area contributed by atoms with Crippen molar-refractivity contribution >= 4 is 18.3 Å². The van der Waals surface area contributed by atoms with Crippen molar-refractivity contribution in [3.05, 3.63) is 64.1 Å². The summed E-state index contributed by atoms with van der Waals surface area (Å²) in [5.41, 5.74) is 6.31. The first-order valence-electron chi connectivity index (χ1n) is 6.81. The maximum absolute atomic E-state index is 11.9. The summed E-state index contributed by atoms with van der Waals surface area (Å²) in [5, 5.41) is 6.82. The fourth-order valence-corrected chi connectivity index (χ4v) is 1.83. The van der Waals surface area contributed by atoms with Crippen molar-refractivity contribution in [3.8, 4) is 0 Å². The highest BCUT2D eigenvalue weighted by Gasteiger charge is 2.09. The van der Waals surface area contributed by atoms with E-state index in [1.807, 2.05) is 30.3 Å². The molecule has 0 spiro atoms. The zero-order valence-electron chi connectivity index (χ0n) is 12.1. The van der Waals surface area contributed by atoms with E-state index in [-0.39, 0.29) is 29.6 Å². The van der Waals surface area contributed by atoms with Crippen molar-refractivity contribution in [1.29, 1.82) is 0 Å². The van der Waals surface area contributed by atoms with Crippen molar-refractivity contribution < 1.29 is 4.79 Å². The first-order chi connectivity index (χ1) is 10.2. The molecule has 1 aromatic heterocycles. The van der Waals surface area contributed by atoms with Crippen LogP contribution in [0.15, 0.2) is 47.3 Å². The van der Waals surface area contributed by atoms with Gasteiger partial charge in [0.2, 0.25) is 0 Å². The van der Waals surface area contributed by atoms with Gasteiger partial charge in [0.25, 0.3) is 11.5 Å². The van der Waals surface area contributed by atoms with Crippen LogP contribution in [-0.2, 0) is 6.54 Å². The topological polar surface area (TPSA) is 90.0 Å². The van der Waals surface area contributed by atoms with Crippen molar-refractivity contribution in [2.24, 2.45) is 5.73 Å². The largest absolute Gasteiger partial charge is 0.351 e. The average molecular weight is 323 g/mol. The lowest BCUT2D eigenvalue weighted by atomic mass is 10.2. The molecule has 3 N–H and O–H groups in total. The Hall–Kier alpha value is -2.18. The van der Waals surface area contributed by atoms with Crippen molar-refractivity contribution in [2.45, 2.75) is 13.0 Å². The van der Waals surface area contributed by atoms with Crippen LogP contribution in [-0.4, -0.2) is 28.8 Å². The van der Waals surface area contributed by atoms with E-state index in [4.69, 9.17) is 5.73 Å². The number of hydrogen-bond donors (Lipinski definition) is 2. The second kappa shape index (κ2) is 8.96. The number of carbonyl (C=O) groups excluding carboxylic acids is 1. The monoisotopic (exact) mass is 322 g/mol. The molecule has 6 nitrogen and oxygen atoms in total. The van der Waals surface area contributed by atoms with E-state index in [9.17, 15) is 9.59 Å². The number of hydrogen-bond acceptors (Lipinski definition) is 4. The molecule has 1 aromatic carbocycles. The SMILES string of the molecule is Cl.NCCCNC(=O)c1ccc(=O)n(Cc2ccccc2)n1. The molecule has 2 aromatic rings. The van der Waals surface area contributed by atoms with Gasteiger partial charge in [-0.3, -0.25) is 9.59 Å². The highest BCUT2D eigenvalue weighted by molar-refractivity contribution is 5.91. The molecule has 0 saturated carbocycles. The molecule has 0 radical (unpaired) electrons. The first-order valence-corrected chi connectivity index (χ1v) is 6.81. The standard InChI is InChI=1S/C15H18N4O2.ClH/c16-9-4-10-17-15(21)13-7-8-14(20)19(18-13)11-12-5-2-1-3-6-12;/h1-3,5-8H,4,9-11,16H2,(H,17,21);1H. The summed E-state index contributed by atoms with van der Waals surface area (Å²) < 4.78 is 1.28. The minimum Gasteiger partial charge on any atom is -0.351 e. The summed E-state index contributed by atoms with van der Waals surface area (Å²) in [4.78, 5) is 23.7. The summed E-state index contributed by atoms with van der Waals surface area (Å²) in [6, 6.07) is 12.3. The van der Waals surface area contributed by atoms with Gasteiger partial charge in [0, 0.05) is 12.6 Å². The van der Waals surface area contributed by atoms with E-state index in [0.717, 1.165) is 5.56 Å². The van der Waals surface area contributed by atoms with E-state index in [0.29, 0.717) is 26.1 Å². The quantitative estimate of drug-likeness (QED) is 0.769. The zero-order chi connectivity index (χ0) is 15.1. The molecule has 0 saturated heterocycles. The maximum atomic E-state index is 11.9. The summed E-state index contributed by atoms with van der Waals surface area (Å²) in [6.45, 7) is 1.35. The van der Waals surface area contributed by atoms with Gasteiger partial charge in [-0.1, -0.05) is 30.3 Å². The van der Waals surface area contributed by atoms with Crippen molar-refractivity contribution in [2.75, 3.05) is 13.1 Å². The number of nitrogens with zero attached hydrogens (tertiary/aromatic N) is 2. The Bertz CT molecular complexity index is 658. The predicted octanol–water partition coefficient (Wildman–Crippen LogP) is 0.792. The number of benzene rings is 1. The van der Waals surface area contributed by atoms with Gasteiger partial charge in [0.15, 0.2) is 0 Å². The van der Waals surface area contributed by atoms with Crippen LogP contribution >= 0.6 is 12.4 Å². The van der Waals surface area contributed by atoms with Gasteiger partial charge in [-0.2, -0.15) is 5.10 Å². The minimum absolute atomic E-state index is 0. The number of nitrogens with two attached hydrogens (primary N) is 1. The number of aromatic nitrogens is 2. The van der Waals surface area contributed by atoms with Crippen LogP contribution < -0.4 is 16.6 Å². The molecule has 0 aliphatic heterocycles. The van der Waals surface area contributed by atoms with Crippen LogP contribution in [0.4, 0.5) is 0 Å². The van der Waals surface area contributed by atoms with Crippen LogP contribution in [0.3, 0.4) is 0 Å². The predicted molar refractivity (Wildman–Crippen MR) is 87.3 cm³/mol. The number of rotatable bonds is 6. The summed E-state index contributed by atoms with van der Waals surface area (Å²) in [5.74, 6) is -0.301. The molecule has 0 aliphatic carbocycles. The Labute approximate surface area is 134 Å². The first kappa shape index (κ1) is 17.9. The van der Waals surface area contributed by atoms with Gasteiger partial charge >= 0.3 is 0 Å². The van der Waals surface area contributed by atoms with Crippen molar-refractivity contribution in [1.82, 2.24) is 15.1 Å². The van der Waals surface area contributed by atoms with Gasteiger partial charge < -0.3 is 11.1 Å². The Morgan fingerprint density at radius 1 is 1.18 bits per heavy atom. The highest BCUT2D eigenvalue weighted by atomic mass is 35.5. The number of carbonyl (C=O) groups is 1. The molecule has 1 heterocycles. The Morgan fingerprint density at radius 2 is 1.91 bits per heavy atom. The Balaban J connectivity index is 0.00000242. The van der Waals surface area contributed by atoms with E-state index in [1.165, 1.54) is 16.8 Å². The van der Waals surface area contributed by atoms with Crippen LogP contribution in [0.25, 0.3) is 0 Å². The van der Waals surface area contributed by atoms with Gasteiger partial charge in [-0.15, -0.1) is 12.4 Å². The molecule has 0 unspecified atom stereocenters. The molecule has 7 heteroatoms. The summed E-state index contributed by atoms with van der Waals surface area (Å²) >= 11 is 0. The van der Waals surface area contributed by atoms with Crippen LogP contribution in [0.5, 0.6) is 0 Å². The molecule has 0 aliphatic rings. The number of amides is 1. The average Bonchev–Trinajstić information content (AvgIpc) is 2.50. The Morgan fingerprint density at radius 3 is 2.59 bits per heavy atom. The molecule has 0 fully saturated rings. The number of nitrogens with one attached hydrogen (secondary N) is 1. The highest BCUT2D eigenvalue weighted by Crippen LogP contribution is 2.00. The third-order valence-corrected chi connectivity index (χ3v) is 2.94. The van der Waals surface area contributed by atoms with Gasteiger partial charge in [-0.05, 0) is 24.6 Å². The van der Waals surface area contributed by atoms with E-state index in [1.54, 1.807) is 0 Å². The third kappa shape index (κ3) is 4.98.